The van der Waals surface area contributed by atoms with Crippen LogP contribution in [0.4, 0.5) is 4.79 Å². The SMILES string of the molecule is COc1cccc(OCC(=O)NCC2CCN(C(=O)Oc3ccccc3)CC2)c1. The van der Waals surface area contributed by atoms with Gasteiger partial charge in [0.2, 0.25) is 0 Å². The van der Waals surface area contributed by atoms with Gasteiger partial charge in [-0.3, -0.25) is 4.79 Å². The number of hydrogen-bond donors (Lipinski definition) is 1. The molecular formula is C22H26N2O5. The fourth-order valence-electron chi connectivity index (χ4n) is 3.12. The van der Waals surface area contributed by atoms with Crippen molar-refractivity contribution in [2.75, 3.05) is 33.4 Å². The van der Waals surface area contributed by atoms with Crippen LogP contribution in [-0.4, -0.2) is 50.3 Å². The van der Waals surface area contributed by atoms with Crippen molar-refractivity contribution in [3.63, 3.8) is 0 Å². The molecule has 0 saturated carbocycles. The molecule has 2 amide bonds. The minimum Gasteiger partial charge on any atom is -0.497 e. The van der Waals surface area contributed by atoms with Gasteiger partial charge in [-0.1, -0.05) is 24.3 Å². The van der Waals surface area contributed by atoms with Crippen LogP contribution in [0, 0.1) is 5.92 Å². The van der Waals surface area contributed by atoms with Crippen molar-refractivity contribution >= 4 is 12.0 Å². The minimum absolute atomic E-state index is 0.0462. The highest BCUT2D eigenvalue weighted by atomic mass is 16.6. The number of nitrogens with one attached hydrogen (secondary N) is 1. The number of likely N-dealkylation sites (tertiary alicyclic amines) is 1. The Balaban J connectivity index is 1.34. The van der Waals surface area contributed by atoms with Gasteiger partial charge in [0.25, 0.3) is 5.91 Å². The van der Waals surface area contributed by atoms with Crippen molar-refractivity contribution < 1.29 is 23.8 Å². The van der Waals surface area contributed by atoms with Gasteiger partial charge in [0.15, 0.2) is 6.61 Å². The van der Waals surface area contributed by atoms with Crippen molar-refractivity contribution in [2.45, 2.75) is 12.8 Å². The van der Waals surface area contributed by atoms with Crippen LogP contribution >= 0.6 is 0 Å². The van der Waals surface area contributed by atoms with Gasteiger partial charge in [0, 0.05) is 25.7 Å². The summed E-state index contributed by atoms with van der Waals surface area (Å²) in [4.78, 5) is 26.0. The molecule has 1 N–H and O–H groups in total. The lowest BCUT2D eigenvalue weighted by Crippen LogP contribution is -2.43. The molecule has 0 radical (unpaired) electrons. The Bertz CT molecular complexity index is 804. The maximum Gasteiger partial charge on any atom is 0.415 e. The lowest BCUT2D eigenvalue weighted by atomic mass is 9.97. The average Bonchev–Trinajstić information content (AvgIpc) is 2.77. The van der Waals surface area contributed by atoms with E-state index in [0.29, 0.717) is 42.8 Å². The first-order valence-corrected chi connectivity index (χ1v) is 9.69. The van der Waals surface area contributed by atoms with Crippen LogP contribution in [0.15, 0.2) is 54.6 Å². The molecule has 0 unspecified atom stereocenters. The van der Waals surface area contributed by atoms with Crippen LogP contribution in [-0.2, 0) is 4.79 Å². The molecule has 7 nitrogen and oxygen atoms in total. The topological polar surface area (TPSA) is 77.1 Å². The fourth-order valence-corrected chi connectivity index (χ4v) is 3.12. The zero-order valence-electron chi connectivity index (χ0n) is 16.5. The molecule has 0 atom stereocenters. The number of nitrogens with zero attached hydrogens (tertiary/aromatic N) is 1. The fraction of sp³-hybridized carbons (Fsp3) is 0.364. The van der Waals surface area contributed by atoms with E-state index in [4.69, 9.17) is 14.2 Å². The lowest BCUT2D eigenvalue weighted by Gasteiger charge is -2.31. The van der Waals surface area contributed by atoms with Gasteiger partial charge >= 0.3 is 6.09 Å². The summed E-state index contributed by atoms with van der Waals surface area (Å²) >= 11 is 0. The predicted molar refractivity (Wildman–Crippen MR) is 108 cm³/mol. The van der Waals surface area contributed by atoms with Gasteiger partial charge < -0.3 is 24.4 Å². The van der Waals surface area contributed by atoms with Crippen molar-refractivity contribution in [1.29, 1.82) is 0 Å². The summed E-state index contributed by atoms with van der Waals surface area (Å²) in [5.74, 6) is 1.98. The van der Waals surface area contributed by atoms with Crippen molar-refractivity contribution in [3.05, 3.63) is 54.6 Å². The molecule has 0 spiro atoms. The first-order valence-electron chi connectivity index (χ1n) is 9.69. The summed E-state index contributed by atoms with van der Waals surface area (Å²) in [6, 6.07) is 16.2. The van der Waals surface area contributed by atoms with E-state index in [-0.39, 0.29) is 18.6 Å². The number of methoxy groups -OCH3 is 1. The van der Waals surface area contributed by atoms with Crippen LogP contribution < -0.4 is 19.5 Å². The summed E-state index contributed by atoms with van der Waals surface area (Å²) in [7, 11) is 1.58. The number of hydrogen-bond acceptors (Lipinski definition) is 5. The molecule has 1 aliphatic rings. The third kappa shape index (κ3) is 6.41. The number of carbonyl (C=O) groups is 2. The second-order valence-corrected chi connectivity index (χ2v) is 6.88. The molecule has 2 aromatic rings. The van der Waals surface area contributed by atoms with Gasteiger partial charge in [-0.15, -0.1) is 0 Å². The number of benzene rings is 2. The molecule has 7 heteroatoms. The second-order valence-electron chi connectivity index (χ2n) is 6.88. The minimum atomic E-state index is -0.328. The molecule has 1 saturated heterocycles. The molecule has 0 bridgehead atoms. The molecule has 0 aliphatic carbocycles. The molecule has 154 valence electrons. The monoisotopic (exact) mass is 398 g/mol. The summed E-state index contributed by atoms with van der Waals surface area (Å²) in [6.07, 6.45) is 1.31. The number of piperidine rings is 1. The normalized spacial score (nSPS) is 14.2. The Morgan fingerprint density at radius 2 is 1.69 bits per heavy atom. The van der Waals surface area contributed by atoms with E-state index < -0.39 is 0 Å². The number of rotatable bonds is 7. The molecule has 2 aromatic carbocycles. The zero-order chi connectivity index (χ0) is 20.5. The van der Waals surface area contributed by atoms with Crippen LogP contribution in [0.3, 0.4) is 0 Å². The van der Waals surface area contributed by atoms with E-state index in [9.17, 15) is 9.59 Å². The second kappa shape index (κ2) is 10.4. The molecule has 0 aromatic heterocycles. The van der Waals surface area contributed by atoms with Crippen LogP contribution in [0.1, 0.15) is 12.8 Å². The zero-order valence-corrected chi connectivity index (χ0v) is 16.5. The average molecular weight is 398 g/mol. The summed E-state index contributed by atoms with van der Waals surface area (Å²) in [5.41, 5.74) is 0. The van der Waals surface area contributed by atoms with E-state index in [1.165, 1.54) is 0 Å². The summed E-state index contributed by atoms with van der Waals surface area (Å²) < 4.78 is 16.0. The standard InChI is InChI=1S/C22H26N2O5/c1-27-19-8-5-9-20(14-19)28-16-21(25)23-15-17-10-12-24(13-11-17)22(26)29-18-6-3-2-4-7-18/h2-9,14,17H,10-13,15-16H2,1H3,(H,23,25). The quantitative estimate of drug-likeness (QED) is 0.776. The smallest absolute Gasteiger partial charge is 0.415 e. The number of ether oxygens (including phenoxy) is 3. The maximum absolute atomic E-state index is 12.2. The predicted octanol–water partition coefficient (Wildman–Crippen LogP) is 3.10. The van der Waals surface area contributed by atoms with Gasteiger partial charge in [-0.2, -0.15) is 0 Å². The van der Waals surface area contributed by atoms with Crippen LogP contribution in [0.25, 0.3) is 0 Å². The summed E-state index contributed by atoms with van der Waals surface area (Å²) in [6.45, 7) is 1.76. The highest BCUT2D eigenvalue weighted by Gasteiger charge is 2.24. The Labute approximate surface area is 170 Å². The highest BCUT2D eigenvalue weighted by Crippen LogP contribution is 2.20. The molecule has 1 heterocycles. The summed E-state index contributed by atoms with van der Waals surface area (Å²) in [5, 5.41) is 2.91. The maximum atomic E-state index is 12.2. The highest BCUT2D eigenvalue weighted by molar-refractivity contribution is 5.77. The molecule has 3 rings (SSSR count). The van der Waals surface area contributed by atoms with Gasteiger partial charge in [-0.05, 0) is 43.0 Å². The molecular weight excluding hydrogens is 372 g/mol. The van der Waals surface area contributed by atoms with E-state index in [2.05, 4.69) is 5.32 Å². The van der Waals surface area contributed by atoms with E-state index in [1.54, 1.807) is 36.3 Å². The molecule has 29 heavy (non-hydrogen) atoms. The number of carbonyl (C=O) groups excluding carboxylic acids is 2. The van der Waals surface area contributed by atoms with Crippen molar-refractivity contribution in [3.8, 4) is 17.2 Å². The van der Waals surface area contributed by atoms with E-state index in [0.717, 1.165) is 12.8 Å². The Hall–Kier alpha value is -3.22. The largest absolute Gasteiger partial charge is 0.497 e. The Kier molecular flexibility index (Phi) is 7.33. The van der Waals surface area contributed by atoms with E-state index in [1.807, 2.05) is 30.3 Å². The Morgan fingerprint density at radius 1 is 1.00 bits per heavy atom. The number of para-hydroxylation sites is 1. The molecule has 1 fully saturated rings. The van der Waals surface area contributed by atoms with Crippen LogP contribution in [0.5, 0.6) is 17.2 Å². The van der Waals surface area contributed by atoms with Crippen molar-refractivity contribution in [1.82, 2.24) is 10.2 Å². The Morgan fingerprint density at radius 3 is 2.41 bits per heavy atom. The van der Waals surface area contributed by atoms with Crippen LogP contribution in [0.2, 0.25) is 0 Å². The molecule has 1 aliphatic heterocycles. The van der Waals surface area contributed by atoms with Crippen molar-refractivity contribution in [2.24, 2.45) is 5.92 Å². The third-order valence-electron chi connectivity index (χ3n) is 4.82. The van der Waals surface area contributed by atoms with Gasteiger partial charge in [-0.25, -0.2) is 4.79 Å². The third-order valence-corrected chi connectivity index (χ3v) is 4.82. The first-order chi connectivity index (χ1) is 14.1. The van der Waals surface area contributed by atoms with Gasteiger partial charge in [0.1, 0.15) is 17.2 Å². The van der Waals surface area contributed by atoms with Gasteiger partial charge in [0.05, 0.1) is 7.11 Å². The first kappa shape index (κ1) is 20.5. The number of amides is 2. The van der Waals surface area contributed by atoms with E-state index >= 15 is 0 Å². The lowest BCUT2D eigenvalue weighted by molar-refractivity contribution is -0.123.